The van der Waals surface area contributed by atoms with Gasteiger partial charge in [0.05, 0.1) is 0 Å². The molecule has 31 heavy (non-hydrogen) atoms. The zero-order valence-electron chi connectivity index (χ0n) is 18.4. The lowest BCUT2D eigenvalue weighted by Crippen LogP contribution is -2.36. The number of fused-ring (bicyclic) bond motifs is 2. The summed E-state index contributed by atoms with van der Waals surface area (Å²) in [5.74, 6) is 2.60. The monoisotopic (exact) mass is 414 g/mol. The summed E-state index contributed by atoms with van der Waals surface area (Å²) >= 11 is 0. The molecule has 2 bridgehead atoms. The van der Waals surface area contributed by atoms with E-state index in [2.05, 4.69) is 36.4 Å². The molecule has 5 rings (SSSR count). The number of aryl methyl sites for hydroxylation is 3. The van der Waals surface area contributed by atoms with E-state index in [0.29, 0.717) is 35.0 Å². The molecule has 2 aliphatic carbocycles. The number of rotatable bonds is 3. The third-order valence-corrected chi connectivity index (χ3v) is 8.05. The largest absolute Gasteiger partial charge is 0.508 e. The maximum Gasteiger partial charge on any atom is 0.118 e. The summed E-state index contributed by atoms with van der Waals surface area (Å²) in [4.78, 5) is 0. The topological polar surface area (TPSA) is 60.7 Å². The van der Waals surface area contributed by atoms with Crippen molar-refractivity contribution in [2.24, 2.45) is 11.8 Å². The van der Waals surface area contributed by atoms with Crippen LogP contribution in [0.5, 0.6) is 17.2 Å². The van der Waals surface area contributed by atoms with Gasteiger partial charge >= 0.3 is 0 Å². The van der Waals surface area contributed by atoms with Crippen LogP contribution < -0.4 is 0 Å². The molecule has 3 heteroatoms. The molecule has 3 N–H and O–H groups in total. The van der Waals surface area contributed by atoms with Crippen molar-refractivity contribution in [3.8, 4) is 17.2 Å². The minimum Gasteiger partial charge on any atom is -0.508 e. The second-order valence-electron chi connectivity index (χ2n) is 9.76. The van der Waals surface area contributed by atoms with Gasteiger partial charge in [-0.2, -0.15) is 0 Å². The van der Waals surface area contributed by atoms with Crippen molar-refractivity contribution in [2.45, 2.75) is 51.4 Å². The Labute approximate surface area is 184 Å². The van der Waals surface area contributed by atoms with Crippen LogP contribution in [0.1, 0.15) is 58.6 Å². The highest BCUT2D eigenvalue weighted by molar-refractivity contribution is 5.51. The van der Waals surface area contributed by atoms with Crippen molar-refractivity contribution in [3.05, 3.63) is 88.0 Å². The zero-order valence-corrected chi connectivity index (χ0v) is 18.4. The Kier molecular flexibility index (Phi) is 4.55. The van der Waals surface area contributed by atoms with Gasteiger partial charge in [0.1, 0.15) is 17.2 Å². The standard InChI is InChI=1S/C28H30O3/c1-16-10-19(4-7-25(16)29)24-14-23-13-20(24)15-28(23,21-5-8-26(30)17(2)11-21)22-6-9-27(31)18(3)12-22/h4-12,20,23-24,29-31H,13-15H2,1-3H3/t20-,23-,24-/m1/s1. The Hall–Kier alpha value is -2.94. The molecule has 0 aromatic heterocycles. The second kappa shape index (κ2) is 7.05. The first-order valence-electron chi connectivity index (χ1n) is 11.2. The number of hydrogen-bond donors (Lipinski definition) is 3. The third kappa shape index (κ3) is 3.02. The number of aromatic hydroxyl groups is 3. The van der Waals surface area contributed by atoms with Crippen molar-refractivity contribution in [1.82, 2.24) is 0 Å². The summed E-state index contributed by atoms with van der Waals surface area (Å²) in [5.41, 5.74) is 6.50. The van der Waals surface area contributed by atoms with Gasteiger partial charge < -0.3 is 15.3 Å². The molecule has 2 aliphatic rings. The quantitative estimate of drug-likeness (QED) is 0.476. The van der Waals surface area contributed by atoms with Crippen LogP contribution in [0.4, 0.5) is 0 Å². The van der Waals surface area contributed by atoms with Crippen LogP contribution in [0, 0.1) is 32.6 Å². The smallest absolute Gasteiger partial charge is 0.118 e. The number of hydrogen-bond acceptors (Lipinski definition) is 3. The van der Waals surface area contributed by atoms with E-state index in [4.69, 9.17) is 0 Å². The fourth-order valence-electron chi connectivity index (χ4n) is 6.39. The lowest BCUT2D eigenvalue weighted by atomic mass is 9.61. The van der Waals surface area contributed by atoms with Crippen LogP contribution in [0.15, 0.2) is 54.6 Å². The first-order chi connectivity index (χ1) is 14.8. The minimum absolute atomic E-state index is 0.107. The average molecular weight is 415 g/mol. The molecule has 2 fully saturated rings. The summed E-state index contributed by atoms with van der Waals surface area (Å²) in [6.45, 7) is 5.89. The van der Waals surface area contributed by atoms with Crippen LogP contribution in [-0.2, 0) is 5.41 Å². The summed E-state index contributed by atoms with van der Waals surface area (Å²) in [6, 6.07) is 18.2. The molecular formula is C28H30O3. The zero-order chi connectivity index (χ0) is 21.9. The van der Waals surface area contributed by atoms with Crippen molar-refractivity contribution in [3.63, 3.8) is 0 Å². The summed E-state index contributed by atoms with van der Waals surface area (Å²) < 4.78 is 0. The fraction of sp³-hybridized carbons (Fsp3) is 0.357. The van der Waals surface area contributed by atoms with Gasteiger partial charge in [0.2, 0.25) is 0 Å². The predicted molar refractivity (Wildman–Crippen MR) is 123 cm³/mol. The Bertz CT molecular complexity index is 1110. The van der Waals surface area contributed by atoms with Crippen LogP contribution in [0.3, 0.4) is 0 Å². The molecule has 3 nitrogen and oxygen atoms in total. The van der Waals surface area contributed by atoms with Crippen molar-refractivity contribution in [2.75, 3.05) is 0 Å². The number of benzene rings is 3. The maximum atomic E-state index is 10.1. The van der Waals surface area contributed by atoms with Gasteiger partial charge in [0, 0.05) is 5.41 Å². The molecule has 0 radical (unpaired) electrons. The van der Waals surface area contributed by atoms with Gasteiger partial charge in [-0.3, -0.25) is 0 Å². The van der Waals surface area contributed by atoms with Crippen LogP contribution >= 0.6 is 0 Å². The van der Waals surface area contributed by atoms with Gasteiger partial charge in [-0.25, -0.2) is 0 Å². The first kappa shape index (κ1) is 20.0. The predicted octanol–water partition coefficient (Wildman–Crippen LogP) is 6.23. The molecule has 160 valence electrons. The Morgan fingerprint density at radius 1 is 0.677 bits per heavy atom. The molecule has 0 saturated heterocycles. The number of phenolic OH excluding ortho intramolecular Hbond substituents is 3. The molecular weight excluding hydrogens is 384 g/mol. The lowest BCUT2D eigenvalue weighted by molar-refractivity contribution is 0.293. The Balaban J connectivity index is 1.59. The van der Waals surface area contributed by atoms with E-state index in [1.165, 1.54) is 23.1 Å². The van der Waals surface area contributed by atoms with Gasteiger partial charge in [-0.1, -0.05) is 36.4 Å². The molecule has 0 spiro atoms. The molecule has 3 atom stereocenters. The lowest BCUT2D eigenvalue weighted by Gasteiger charge is -2.42. The molecule has 2 saturated carbocycles. The maximum absolute atomic E-state index is 10.1. The van der Waals surface area contributed by atoms with E-state index < -0.39 is 0 Å². The molecule has 0 unspecified atom stereocenters. The van der Waals surface area contributed by atoms with Crippen molar-refractivity contribution < 1.29 is 15.3 Å². The van der Waals surface area contributed by atoms with E-state index in [0.717, 1.165) is 29.5 Å². The summed E-state index contributed by atoms with van der Waals surface area (Å²) in [5, 5.41) is 30.2. The summed E-state index contributed by atoms with van der Waals surface area (Å²) in [7, 11) is 0. The summed E-state index contributed by atoms with van der Waals surface area (Å²) in [6.07, 6.45) is 3.33. The second-order valence-corrected chi connectivity index (χ2v) is 9.76. The van der Waals surface area contributed by atoms with E-state index in [1.807, 2.05) is 39.0 Å². The molecule has 0 aliphatic heterocycles. The van der Waals surface area contributed by atoms with Gasteiger partial charge in [-0.15, -0.1) is 0 Å². The highest BCUT2D eigenvalue weighted by Crippen LogP contribution is 2.64. The third-order valence-electron chi connectivity index (χ3n) is 8.05. The SMILES string of the molecule is Cc1cc([C@H]2C[C@H]3C[C@@H]2CC3(c2ccc(O)c(C)c2)c2ccc(O)c(C)c2)ccc1O. The molecule has 0 heterocycles. The fourth-order valence-corrected chi connectivity index (χ4v) is 6.39. The van der Waals surface area contributed by atoms with Crippen LogP contribution in [0.2, 0.25) is 0 Å². The van der Waals surface area contributed by atoms with E-state index >= 15 is 0 Å². The normalized spacial score (nSPS) is 23.9. The van der Waals surface area contributed by atoms with Gasteiger partial charge in [0.25, 0.3) is 0 Å². The molecule has 3 aromatic rings. The van der Waals surface area contributed by atoms with Crippen molar-refractivity contribution in [1.29, 1.82) is 0 Å². The first-order valence-corrected chi connectivity index (χ1v) is 11.2. The average Bonchev–Trinajstić information content (AvgIpc) is 3.33. The highest BCUT2D eigenvalue weighted by Gasteiger charge is 2.56. The van der Waals surface area contributed by atoms with Crippen LogP contribution in [-0.4, -0.2) is 15.3 Å². The highest BCUT2D eigenvalue weighted by atomic mass is 16.3. The van der Waals surface area contributed by atoms with E-state index in [9.17, 15) is 15.3 Å². The van der Waals surface area contributed by atoms with E-state index in [1.54, 1.807) is 0 Å². The van der Waals surface area contributed by atoms with Crippen molar-refractivity contribution >= 4 is 0 Å². The van der Waals surface area contributed by atoms with Gasteiger partial charge in [-0.05, 0) is 109 Å². The Morgan fingerprint density at radius 2 is 1.19 bits per heavy atom. The number of phenols is 3. The molecule has 0 amide bonds. The van der Waals surface area contributed by atoms with Crippen LogP contribution in [0.25, 0.3) is 0 Å². The van der Waals surface area contributed by atoms with Gasteiger partial charge in [0.15, 0.2) is 0 Å². The molecule has 3 aromatic carbocycles. The minimum atomic E-state index is -0.107. The van der Waals surface area contributed by atoms with E-state index in [-0.39, 0.29) is 5.41 Å². The Morgan fingerprint density at radius 3 is 1.65 bits per heavy atom.